The van der Waals surface area contributed by atoms with E-state index in [0.29, 0.717) is 24.2 Å². The Morgan fingerprint density at radius 1 is 1.05 bits per heavy atom. The van der Waals surface area contributed by atoms with Gasteiger partial charge in [0, 0.05) is 13.1 Å². The number of rotatable bonds is 5. The molecule has 102 valence electrons. The maximum absolute atomic E-state index is 13.2. The lowest BCUT2D eigenvalue weighted by Crippen LogP contribution is -2.13. The van der Waals surface area contributed by atoms with Crippen LogP contribution in [-0.2, 0) is 19.5 Å². The molecule has 0 fully saturated rings. The molecule has 20 heavy (non-hydrogen) atoms. The second-order valence-electron chi connectivity index (χ2n) is 4.69. The third-order valence-electron chi connectivity index (χ3n) is 3.26. The van der Waals surface area contributed by atoms with Crippen LogP contribution in [-0.4, -0.2) is 0 Å². The normalized spacial score (nSPS) is 10.2. The van der Waals surface area contributed by atoms with Gasteiger partial charge in [-0.05, 0) is 41.3 Å². The van der Waals surface area contributed by atoms with Crippen molar-refractivity contribution in [2.45, 2.75) is 26.4 Å². The highest BCUT2D eigenvalue weighted by Gasteiger charge is 2.03. The van der Waals surface area contributed by atoms with Crippen LogP contribution in [0.2, 0.25) is 0 Å². The lowest BCUT2D eigenvalue weighted by atomic mass is 10.1. The van der Waals surface area contributed by atoms with Gasteiger partial charge in [-0.15, -0.1) is 0 Å². The fourth-order valence-electron chi connectivity index (χ4n) is 2.05. The Bertz CT molecular complexity index is 612. The summed E-state index contributed by atoms with van der Waals surface area (Å²) in [5, 5.41) is 12.2. The van der Waals surface area contributed by atoms with E-state index in [1.165, 1.54) is 29.3 Å². The lowest BCUT2D eigenvalue weighted by molar-refractivity contribution is 0.619. The monoisotopic (exact) mass is 268 g/mol. The van der Waals surface area contributed by atoms with Crippen molar-refractivity contribution in [3.05, 3.63) is 70.5 Å². The molecule has 2 aromatic rings. The number of hydrogen-bond acceptors (Lipinski definition) is 2. The highest BCUT2D eigenvalue weighted by atomic mass is 19.1. The van der Waals surface area contributed by atoms with E-state index in [1.54, 1.807) is 0 Å². The minimum Gasteiger partial charge on any atom is -0.309 e. The molecule has 0 unspecified atom stereocenters. The number of nitrogens with zero attached hydrogens (tertiary/aromatic N) is 1. The first-order valence-corrected chi connectivity index (χ1v) is 6.70. The van der Waals surface area contributed by atoms with Gasteiger partial charge in [0.25, 0.3) is 0 Å². The summed E-state index contributed by atoms with van der Waals surface area (Å²) in [6, 6.07) is 14.7. The van der Waals surface area contributed by atoms with Crippen molar-refractivity contribution in [2.75, 3.05) is 0 Å². The van der Waals surface area contributed by atoms with E-state index < -0.39 is 0 Å². The molecule has 0 bridgehead atoms. The quantitative estimate of drug-likeness (QED) is 0.900. The smallest absolute Gasteiger partial charge is 0.123 e. The van der Waals surface area contributed by atoms with Crippen LogP contribution in [0.5, 0.6) is 0 Å². The highest BCUT2D eigenvalue weighted by Crippen LogP contribution is 2.11. The molecule has 0 amide bonds. The summed E-state index contributed by atoms with van der Waals surface area (Å²) in [7, 11) is 0. The first-order valence-electron chi connectivity index (χ1n) is 6.70. The van der Waals surface area contributed by atoms with Crippen molar-refractivity contribution >= 4 is 0 Å². The lowest BCUT2D eigenvalue weighted by Gasteiger charge is -2.07. The fraction of sp³-hybridized carbons (Fsp3) is 0.235. The third kappa shape index (κ3) is 3.66. The van der Waals surface area contributed by atoms with Gasteiger partial charge in [-0.3, -0.25) is 0 Å². The van der Waals surface area contributed by atoms with Crippen LogP contribution in [0.1, 0.15) is 29.2 Å². The van der Waals surface area contributed by atoms with Crippen molar-refractivity contribution in [2.24, 2.45) is 0 Å². The zero-order chi connectivity index (χ0) is 14.4. The zero-order valence-electron chi connectivity index (χ0n) is 11.5. The SMILES string of the molecule is CCc1ccc(CNCc2cc(F)ccc2C#N)cc1. The van der Waals surface area contributed by atoms with Crippen LogP contribution in [0.3, 0.4) is 0 Å². The molecule has 2 aromatic carbocycles. The van der Waals surface area contributed by atoms with E-state index in [0.717, 1.165) is 6.42 Å². The average molecular weight is 268 g/mol. The van der Waals surface area contributed by atoms with E-state index in [-0.39, 0.29) is 5.82 Å². The maximum atomic E-state index is 13.2. The van der Waals surface area contributed by atoms with Crippen LogP contribution >= 0.6 is 0 Å². The van der Waals surface area contributed by atoms with E-state index in [1.807, 2.05) is 0 Å². The summed E-state index contributed by atoms with van der Waals surface area (Å²) in [5.41, 5.74) is 3.70. The van der Waals surface area contributed by atoms with Gasteiger partial charge in [-0.1, -0.05) is 31.2 Å². The van der Waals surface area contributed by atoms with Gasteiger partial charge in [-0.25, -0.2) is 4.39 Å². The standard InChI is InChI=1S/C17H17FN2/c1-2-13-3-5-14(6-4-13)11-20-12-16-9-17(18)8-7-15(16)10-19/h3-9,20H,2,11-12H2,1H3. The predicted octanol–water partition coefficient (Wildman–Crippen LogP) is 3.55. The minimum atomic E-state index is -0.312. The Morgan fingerprint density at radius 3 is 2.40 bits per heavy atom. The summed E-state index contributed by atoms with van der Waals surface area (Å²) in [6.45, 7) is 3.31. The number of hydrogen-bond donors (Lipinski definition) is 1. The van der Waals surface area contributed by atoms with Crippen LogP contribution in [0.4, 0.5) is 4.39 Å². The second kappa shape index (κ2) is 6.83. The molecule has 2 rings (SSSR count). The number of benzene rings is 2. The molecule has 0 aliphatic heterocycles. The number of aryl methyl sites for hydroxylation is 1. The molecule has 3 heteroatoms. The highest BCUT2D eigenvalue weighted by molar-refractivity contribution is 5.37. The molecule has 1 N–H and O–H groups in total. The topological polar surface area (TPSA) is 35.8 Å². The van der Waals surface area contributed by atoms with Crippen molar-refractivity contribution < 1.29 is 4.39 Å². The third-order valence-corrected chi connectivity index (χ3v) is 3.26. The Kier molecular flexibility index (Phi) is 4.86. The molecule has 2 nitrogen and oxygen atoms in total. The van der Waals surface area contributed by atoms with Gasteiger partial charge in [-0.2, -0.15) is 5.26 Å². The van der Waals surface area contributed by atoms with Crippen molar-refractivity contribution in [3.8, 4) is 6.07 Å². The summed E-state index contributed by atoms with van der Waals surface area (Å²) >= 11 is 0. The van der Waals surface area contributed by atoms with E-state index >= 15 is 0 Å². The van der Waals surface area contributed by atoms with Crippen LogP contribution in [0.15, 0.2) is 42.5 Å². The molecule has 0 aliphatic rings. The molecule has 0 saturated heterocycles. The van der Waals surface area contributed by atoms with Gasteiger partial charge >= 0.3 is 0 Å². The Balaban J connectivity index is 1.95. The first kappa shape index (κ1) is 14.2. The molecule has 0 spiro atoms. The van der Waals surface area contributed by atoms with Crippen molar-refractivity contribution in [1.29, 1.82) is 5.26 Å². The van der Waals surface area contributed by atoms with E-state index in [4.69, 9.17) is 5.26 Å². The van der Waals surface area contributed by atoms with Crippen LogP contribution < -0.4 is 5.32 Å². The molecule has 0 aromatic heterocycles. The second-order valence-corrected chi connectivity index (χ2v) is 4.69. The Hall–Kier alpha value is -2.18. The summed E-state index contributed by atoms with van der Waals surface area (Å²) in [5.74, 6) is -0.312. The molecule has 0 atom stereocenters. The van der Waals surface area contributed by atoms with Gasteiger partial charge in [0.15, 0.2) is 0 Å². The average Bonchev–Trinajstić information content (AvgIpc) is 2.48. The maximum Gasteiger partial charge on any atom is 0.123 e. The Labute approximate surface area is 118 Å². The number of nitrogens with one attached hydrogen (secondary N) is 1. The molecule has 0 heterocycles. The summed E-state index contributed by atoms with van der Waals surface area (Å²) in [6.07, 6.45) is 1.03. The van der Waals surface area contributed by atoms with Crippen LogP contribution in [0, 0.1) is 17.1 Å². The largest absolute Gasteiger partial charge is 0.309 e. The van der Waals surface area contributed by atoms with Gasteiger partial charge in [0.05, 0.1) is 11.6 Å². The Morgan fingerprint density at radius 2 is 1.75 bits per heavy atom. The van der Waals surface area contributed by atoms with Gasteiger partial charge in [0.1, 0.15) is 5.82 Å². The van der Waals surface area contributed by atoms with E-state index in [2.05, 4.69) is 42.6 Å². The number of halogens is 1. The molecule has 0 aliphatic carbocycles. The molecule has 0 radical (unpaired) electrons. The first-order chi connectivity index (χ1) is 9.72. The summed E-state index contributed by atoms with van der Waals surface area (Å²) in [4.78, 5) is 0. The van der Waals surface area contributed by atoms with Gasteiger partial charge < -0.3 is 5.32 Å². The van der Waals surface area contributed by atoms with E-state index in [9.17, 15) is 4.39 Å². The summed E-state index contributed by atoms with van der Waals surface area (Å²) < 4.78 is 13.2. The molecular formula is C17H17FN2. The van der Waals surface area contributed by atoms with Crippen LogP contribution in [0.25, 0.3) is 0 Å². The van der Waals surface area contributed by atoms with Crippen molar-refractivity contribution in [3.63, 3.8) is 0 Å². The molecule has 0 saturated carbocycles. The number of nitriles is 1. The minimum absolute atomic E-state index is 0.312. The zero-order valence-corrected chi connectivity index (χ0v) is 11.5. The molecular weight excluding hydrogens is 251 g/mol. The van der Waals surface area contributed by atoms with Crippen molar-refractivity contribution in [1.82, 2.24) is 5.32 Å². The fourth-order valence-corrected chi connectivity index (χ4v) is 2.05. The predicted molar refractivity (Wildman–Crippen MR) is 77.5 cm³/mol. The van der Waals surface area contributed by atoms with Gasteiger partial charge in [0.2, 0.25) is 0 Å².